The number of hydrogen-bond acceptors (Lipinski definition) is 5. The lowest BCUT2D eigenvalue weighted by atomic mass is 10.2. The number of aromatic nitrogens is 2. The molecule has 1 N–H and O–H groups in total. The fraction of sp³-hybridized carbons (Fsp3) is 0.250. The van der Waals surface area contributed by atoms with Crippen LogP contribution in [0.1, 0.15) is 22.3 Å². The Labute approximate surface area is 123 Å². The van der Waals surface area contributed by atoms with E-state index in [1.807, 2.05) is 6.92 Å². The number of nitrogens with zero attached hydrogens (tertiary/aromatic N) is 2. The van der Waals surface area contributed by atoms with Crippen molar-refractivity contribution in [1.29, 1.82) is 0 Å². The number of amides is 1. The highest BCUT2D eigenvalue weighted by Crippen LogP contribution is 2.24. The van der Waals surface area contributed by atoms with Crippen LogP contribution in [0.3, 0.4) is 0 Å². The maximum Gasteiger partial charge on any atom is 0.258 e. The Morgan fingerprint density at radius 3 is 2.89 bits per heavy atom. The molecule has 1 aromatic heterocycles. The molecular formula is C12H12BrN3O2S. The SMILES string of the molecule is CCc1nnc(NC(=O)c2cc(OC)ccc2Br)s1. The number of methoxy groups -OCH3 is 1. The van der Waals surface area contributed by atoms with Crippen LogP contribution >= 0.6 is 27.3 Å². The number of halogens is 1. The van der Waals surface area contributed by atoms with Crippen molar-refractivity contribution in [2.75, 3.05) is 12.4 Å². The Hall–Kier alpha value is -1.47. The maximum absolute atomic E-state index is 12.1. The normalized spacial score (nSPS) is 10.3. The molecule has 2 rings (SSSR count). The van der Waals surface area contributed by atoms with Crippen molar-refractivity contribution in [2.24, 2.45) is 0 Å². The molecule has 0 saturated heterocycles. The number of anilines is 1. The van der Waals surface area contributed by atoms with Gasteiger partial charge in [0, 0.05) is 4.47 Å². The second-order valence-electron chi connectivity index (χ2n) is 3.65. The molecule has 19 heavy (non-hydrogen) atoms. The number of carbonyl (C=O) groups excluding carboxylic acids is 1. The molecule has 0 bridgehead atoms. The summed E-state index contributed by atoms with van der Waals surface area (Å²) in [7, 11) is 1.56. The van der Waals surface area contributed by atoms with Crippen molar-refractivity contribution in [3.05, 3.63) is 33.2 Å². The van der Waals surface area contributed by atoms with Crippen LogP contribution in [0.4, 0.5) is 5.13 Å². The zero-order chi connectivity index (χ0) is 13.8. The van der Waals surface area contributed by atoms with Gasteiger partial charge in [0.2, 0.25) is 5.13 Å². The number of hydrogen-bond donors (Lipinski definition) is 1. The van der Waals surface area contributed by atoms with E-state index in [2.05, 4.69) is 31.4 Å². The number of benzene rings is 1. The van der Waals surface area contributed by atoms with Crippen LogP contribution in [0.2, 0.25) is 0 Å². The number of ether oxygens (including phenoxy) is 1. The van der Waals surface area contributed by atoms with Crippen molar-refractivity contribution in [1.82, 2.24) is 10.2 Å². The van der Waals surface area contributed by atoms with E-state index in [-0.39, 0.29) is 5.91 Å². The van der Waals surface area contributed by atoms with Gasteiger partial charge in [0.05, 0.1) is 12.7 Å². The molecule has 1 aromatic carbocycles. The van der Waals surface area contributed by atoms with Crippen molar-refractivity contribution in [2.45, 2.75) is 13.3 Å². The predicted octanol–water partition coefficient (Wildman–Crippen LogP) is 3.12. The van der Waals surface area contributed by atoms with E-state index < -0.39 is 0 Å². The molecule has 0 fully saturated rings. The van der Waals surface area contributed by atoms with Gasteiger partial charge in [0.25, 0.3) is 5.91 Å². The third kappa shape index (κ3) is 3.30. The quantitative estimate of drug-likeness (QED) is 0.927. The van der Waals surface area contributed by atoms with Crippen molar-refractivity contribution in [3.8, 4) is 5.75 Å². The van der Waals surface area contributed by atoms with Gasteiger partial charge in [0.1, 0.15) is 10.8 Å². The second kappa shape index (κ2) is 6.12. The average molecular weight is 342 g/mol. The summed E-state index contributed by atoms with van der Waals surface area (Å²) < 4.78 is 5.81. The third-order valence-electron chi connectivity index (χ3n) is 2.41. The average Bonchev–Trinajstić information content (AvgIpc) is 2.87. The van der Waals surface area contributed by atoms with Gasteiger partial charge in [-0.05, 0) is 40.5 Å². The maximum atomic E-state index is 12.1. The minimum Gasteiger partial charge on any atom is -0.497 e. The first-order chi connectivity index (χ1) is 9.13. The van der Waals surface area contributed by atoms with Gasteiger partial charge in [-0.15, -0.1) is 10.2 Å². The molecule has 7 heteroatoms. The lowest BCUT2D eigenvalue weighted by Crippen LogP contribution is -2.12. The molecule has 100 valence electrons. The van der Waals surface area contributed by atoms with E-state index in [0.29, 0.717) is 20.9 Å². The molecule has 0 aliphatic rings. The molecular weight excluding hydrogens is 330 g/mol. The summed E-state index contributed by atoms with van der Waals surface area (Å²) in [6.45, 7) is 1.99. The first-order valence-electron chi connectivity index (χ1n) is 5.61. The molecule has 0 unspecified atom stereocenters. The number of rotatable bonds is 4. The van der Waals surface area contributed by atoms with Crippen LogP contribution in [0.25, 0.3) is 0 Å². The molecule has 0 atom stereocenters. The molecule has 0 radical (unpaired) electrons. The molecule has 5 nitrogen and oxygen atoms in total. The molecule has 2 aromatic rings. The molecule has 0 spiro atoms. The minimum absolute atomic E-state index is 0.246. The lowest BCUT2D eigenvalue weighted by Gasteiger charge is -2.06. The Morgan fingerprint density at radius 1 is 1.47 bits per heavy atom. The Kier molecular flexibility index (Phi) is 4.49. The second-order valence-corrected chi connectivity index (χ2v) is 5.57. The number of carbonyl (C=O) groups is 1. The van der Waals surface area contributed by atoms with Gasteiger partial charge in [-0.2, -0.15) is 0 Å². The first kappa shape index (κ1) is 14.0. The van der Waals surface area contributed by atoms with E-state index in [9.17, 15) is 4.79 Å². The van der Waals surface area contributed by atoms with E-state index in [0.717, 1.165) is 11.4 Å². The Morgan fingerprint density at radius 2 is 2.26 bits per heavy atom. The van der Waals surface area contributed by atoms with Gasteiger partial charge in [-0.3, -0.25) is 10.1 Å². The zero-order valence-corrected chi connectivity index (χ0v) is 12.8. The topological polar surface area (TPSA) is 64.1 Å². The van der Waals surface area contributed by atoms with Gasteiger partial charge in [0.15, 0.2) is 0 Å². The van der Waals surface area contributed by atoms with Crippen molar-refractivity contribution in [3.63, 3.8) is 0 Å². The van der Waals surface area contributed by atoms with E-state index >= 15 is 0 Å². The van der Waals surface area contributed by atoms with E-state index in [1.165, 1.54) is 11.3 Å². The standard InChI is InChI=1S/C12H12BrN3O2S/c1-3-10-15-16-12(19-10)14-11(17)8-6-7(18-2)4-5-9(8)13/h4-6H,3H2,1-2H3,(H,14,16,17). The van der Waals surface area contributed by atoms with Gasteiger partial charge >= 0.3 is 0 Å². The highest BCUT2D eigenvalue weighted by atomic mass is 79.9. The first-order valence-corrected chi connectivity index (χ1v) is 7.22. The van der Waals surface area contributed by atoms with Crippen LogP contribution in [0.5, 0.6) is 5.75 Å². The monoisotopic (exact) mass is 341 g/mol. The van der Waals surface area contributed by atoms with Crippen LogP contribution in [-0.2, 0) is 6.42 Å². The van der Waals surface area contributed by atoms with Crippen LogP contribution < -0.4 is 10.1 Å². The molecule has 0 aliphatic heterocycles. The minimum atomic E-state index is -0.246. The number of nitrogens with one attached hydrogen (secondary N) is 1. The molecule has 0 saturated carbocycles. The smallest absolute Gasteiger partial charge is 0.258 e. The molecule has 1 heterocycles. The summed E-state index contributed by atoms with van der Waals surface area (Å²) in [6, 6.07) is 5.22. The Bertz CT molecular complexity index is 600. The third-order valence-corrected chi connectivity index (χ3v) is 4.08. The fourth-order valence-electron chi connectivity index (χ4n) is 1.42. The van der Waals surface area contributed by atoms with Crippen molar-refractivity contribution < 1.29 is 9.53 Å². The molecule has 1 amide bonds. The largest absolute Gasteiger partial charge is 0.497 e. The van der Waals surface area contributed by atoms with E-state index in [4.69, 9.17) is 4.74 Å². The summed E-state index contributed by atoms with van der Waals surface area (Å²) in [5, 5.41) is 12.0. The van der Waals surface area contributed by atoms with Crippen molar-refractivity contribution >= 4 is 38.3 Å². The van der Waals surface area contributed by atoms with Crippen LogP contribution in [0.15, 0.2) is 22.7 Å². The van der Waals surface area contributed by atoms with Gasteiger partial charge in [-0.25, -0.2) is 0 Å². The van der Waals surface area contributed by atoms with E-state index in [1.54, 1.807) is 25.3 Å². The number of aryl methyl sites for hydroxylation is 1. The summed E-state index contributed by atoms with van der Waals surface area (Å²) >= 11 is 4.71. The Balaban J connectivity index is 2.19. The zero-order valence-electron chi connectivity index (χ0n) is 10.4. The van der Waals surface area contributed by atoms with Gasteiger partial charge in [-0.1, -0.05) is 18.3 Å². The fourth-order valence-corrected chi connectivity index (χ4v) is 2.52. The lowest BCUT2D eigenvalue weighted by molar-refractivity contribution is 0.102. The van der Waals surface area contributed by atoms with Gasteiger partial charge < -0.3 is 4.74 Å². The summed E-state index contributed by atoms with van der Waals surface area (Å²) in [6.07, 6.45) is 0.802. The predicted molar refractivity (Wildman–Crippen MR) is 77.9 cm³/mol. The highest BCUT2D eigenvalue weighted by molar-refractivity contribution is 9.10. The van der Waals surface area contributed by atoms with Crippen LogP contribution in [-0.4, -0.2) is 23.2 Å². The summed E-state index contributed by atoms with van der Waals surface area (Å²) in [4.78, 5) is 12.1. The van der Waals surface area contributed by atoms with Crippen LogP contribution in [0, 0.1) is 0 Å². The summed E-state index contributed by atoms with van der Waals surface area (Å²) in [5.74, 6) is 0.379. The summed E-state index contributed by atoms with van der Waals surface area (Å²) in [5.41, 5.74) is 0.493. The highest BCUT2D eigenvalue weighted by Gasteiger charge is 2.13. The molecule has 0 aliphatic carbocycles.